The summed E-state index contributed by atoms with van der Waals surface area (Å²) in [4.78, 5) is 36.0. The summed E-state index contributed by atoms with van der Waals surface area (Å²) in [6.07, 6.45) is 4.12. The predicted octanol–water partition coefficient (Wildman–Crippen LogP) is 0.883. The second kappa shape index (κ2) is 7.83. The largest absolute Gasteiger partial charge is 0.452 e. The first-order valence-electron chi connectivity index (χ1n) is 8.36. The fourth-order valence-corrected chi connectivity index (χ4v) is 3.55. The van der Waals surface area contributed by atoms with Crippen LogP contribution in [0.5, 0.6) is 0 Å². The van der Waals surface area contributed by atoms with Crippen molar-refractivity contribution in [1.29, 1.82) is 0 Å². The van der Waals surface area contributed by atoms with Gasteiger partial charge in [0.2, 0.25) is 0 Å². The molecule has 1 N–H and O–H groups in total. The van der Waals surface area contributed by atoms with Gasteiger partial charge in [-0.3, -0.25) is 14.9 Å². The van der Waals surface area contributed by atoms with E-state index in [1.54, 1.807) is 6.92 Å². The van der Waals surface area contributed by atoms with Gasteiger partial charge in [0.05, 0.1) is 21.9 Å². The molecule has 0 bridgehead atoms. The molecule has 2 aliphatic heterocycles. The van der Waals surface area contributed by atoms with Crippen LogP contribution in [0.25, 0.3) is 0 Å². The summed E-state index contributed by atoms with van der Waals surface area (Å²) < 4.78 is 31.5. The average molecular weight is 420 g/mol. The molecule has 0 aliphatic carbocycles. The zero-order valence-electron chi connectivity index (χ0n) is 15.2. The van der Waals surface area contributed by atoms with Gasteiger partial charge in [-0.2, -0.15) is 0 Å². The molecular formula is C17H16N4O7S. The highest BCUT2D eigenvalue weighted by Crippen LogP contribution is 2.22. The number of sulfonamides is 1. The van der Waals surface area contributed by atoms with E-state index in [0.717, 1.165) is 0 Å². The number of ether oxygens (including phenoxy) is 1. The zero-order valence-corrected chi connectivity index (χ0v) is 16.0. The molecule has 29 heavy (non-hydrogen) atoms. The van der Waals surface area contributed by atoms with E-state index in [0.29, 0.717) is 5.56 Å². The molecule has 0 unspecified atom stereocenters. The fourth-order valence-electron chi connectivity index (χ4n) is 2.58. The van der Waals surface area contributed by atoms with Gasteiger partial charge in [-0.05, 0) is 24.6 Å². The van der Waals surface area contributed by atoms with E-state index < -0.39 is 33.4 Å². The number of esters is 1. The minimum Gasteiger partial charge on any atom is -0.452 e. The summed E-state index contributed by atoms with van der Waals surface area (Å²) >= 11 is 0. The highest BCUT2D eigenvalue weighted by Gasteiger charge is 2.25. The number of amidine groups is 1. The number of aryl methyl sites for hydroxylation is 1. The molecule has 0 saturated carbocycles. The SMILES string of the molecule is Cc1ccc([N+](=O)[O-])cc1NC(=O)COC(=O)C1=CN2CCS(=O)(=O)N=C2C=C1. The molecule has 12 heteroatoms. The van der Waals surface area contributed by atoms with Crippen LogP contribution >= 0.6 is 0 Å². The molecule has 3 rings (SSSR count). The van der Waals surface area contributed by atoms with E-state index in [9.17, 15) is 28.1 Å². The van der Waals surface area contributed by atoms with Crippen molar-refractivity contribution in [2.75, 3.05) is 24.2 Å². The monoisotopic (exact) mass is 420 g/mol. The number of benzene rings is 1. The molecule has 0 atom stereocenters. The molecule has 1 aromatic carbocycles. The van der Waals surface area contributed by atoms with E-state index in [1.165, 1.54) is 41.5 Å². The van der Waals surface area contributed by atoms with Crippen LogP contribution in [0.15, 0.2) is 46.5 Å². The Morgan fingerprint density at radius 1 is 1.34 bits per heavy atom. The van der Waals surface area contributed by atoms with Gasteiger partial charge in [-0.25, -0.2) is 13.2 Å². The molecule has 2 aliphatic rings. The van der Waals surface area contributed by atoms with Crippen LogP contribution in [0.3, 0.4) is 0 Å². The van der Waals surface area contributed by atoms with E-state index in [4.69, 9.17) is 4.74 Å². The van der Waals surface area contributed by atoms with E-state index in [2.05, 4.69) is 9.71 Å². The predicted molar refractivity (Wildman–Crippen MR) is 103 cm³/mol. The number of anilines is 1. The van der Waals surface area contributed by atoms with Gasteiger partial charge < -0.3 is 15.0 Å². The van der Waals surface area contributed by atoms with Gasteiger partial charge >= 0.3 is 5.97 Å². The summed E-state index contributed by atoms with van der Waals surface area (Å²) in [7, 11) is -3.50. The Labute approximate surface area is 165 Å². The number of carbonyl (C=O) groups excluding carboxylic acids is 2. The topological polar surface area (TPSA) is 148 Å². The standard InChI is InChI=1S/C17H16N4O7S/c1-11-2-4-13(21(24)25)8-14(11)18-16(22)10-28-17(23)12-3-5-15-19-29(26,27)7-6-20(15)9-12/h2-5,8-9H,6-7,10H2,1H3,(H,18,22). The third kappa shape index (κ3) is 4.85. The third-order valence-electron chi connectivity index (χ3n) is 4.10. The zero-order chi connectivity index (χ0) is 21.2. The first kappa shape index (κ1) is 20.2. The molecule has 0 spiro atoms. The Hall–Kier alpha value is -3.54. The van der Waals surface area contributed by atoms with Crippen molar-refractivity contribution in [2.45, 2.75) is 6.92 Å². The van der Waals surface area contributed by atoms with Gasteiger partial charge in [0.25, 0.3) is 21.6 Å². The minimum atomic E-state index is -3.50. The lowest BCUT2D eigenvalue weighted by atomic mass is 10.2. The Balaban J connectivity index is 1.60. The van der Waals surface area contributed by atoms with Crippen molar-refractivity contribution in [3.05, 3.63) is 57.8 Å². The maximum Gasteiger partial charge on any atom is 0.340 e. The summed E-state index contributed by atoms with van der Waals surface area (Å²) in [5, 5.41) is 13.3. The maximum absolute atomic E-state index is 12.2. The molecule has 1 aromatic rings. The normalized spacial score (nSPS) is 16.9. The van der Waals surface area contributed by atoms with Crippen LogP contribution in [0.2, 0.25) is 0 Å². The number of non-ortho nitro benzene ring substituents is 1. The van der Waals surface area contributed by atoms with Crippen molar-refractivity contribution in [3.8, 4) is 0 Å². The second-order valence-corrected chi connectivity index (χ2v) is 7.98. The number of fused-ring (bicyclic) bond motifs is 1. The number of nitrogens with zero attached hydrogens (tertiary/aromatic N) is 3. The number of hydrogen-bond acceptors (Lipinski definition) is 8. The number of hydrogen-bond donors (Lipinski definition) is 1. The Kier molecular flexibility index (Phi) is 5.46. The quantitative estimate of drug-likeness (QED) is 0.419. The Morgan fingerprint density at radius 2 is 2.10 bits per heavy atom. The molecular weight excluding hydrogens is 404 g/mol. The van der Waals surface area contributed by atoms with Crippen molar-refractivity contribution in [3.63, 3.8) is 0 Å². The number of nitro groups is 1. The van der Waals surface area contributed by atoms with Gasteiger partial charge in [0.1, 0.15) is 5.84 Å². The average Bonchev–Trinajstić information content (AvgIpc) is 2.66. The molecule has 0 fully saturated rings. The molecule has 1 amide bonds. The summed E-state index contributed by atoms with van der Waals surface area (Å²) in [6.45, 7) is 1.22. The van der Waals surface area contributed by atoms with Crippen molar-refractivity contribution in [2.24, 2.45) is 4.40 Å². The lowest BCUT2D eigenvalue weighted by molar-refractivity contribution is -0.384. The van der Waals surface area contributed by atoms with Crippen LogP contribution in [0.1, 0.15) is 5.56 Å². The molecule has 2 heterocycles. The first-order valence-corrected chi connectivity index (χ1v) is 9.97. The Morgan fingerprint density at radius 3 is 2.83 bits per heavy atom. The minimum absolute atomic E-state index is 0.127. The fraction of sp³-hybridized carbons (Fsp3) is 0.235. The van der Waals surface area contributed by atoms with Crippen LogP contribution in [-0.2, 0) is 24.3 Å². The lowest BCUT2D eigenvalue weighted by Crippen LogP contribution is -2.37. The highest BCUT2D eigenvalue weighted by molar-refractivity contribution is 7.90. The van der Waals surface area contributed by atoms with E-state index >= 15 is 0 Å². The van der Waals surface area contributed by atoms with Crippen LogP contribution in [0.4, 0.5) is 11.4 Å². The number of nitro benzene ring substituents is 1. The van der Waals surface area contributed by atoms with Crippen molar-refractivity contribution in [1.82, 2.24) is 4.90 Å². The molecule has 0 saturated heterocycles. The van der Waals surface area contributed by atoms with Gasteiger partial charge in [0.15, 0.2) is 6.61 Å². The van der Waals surface area contributed by atoms with Crippen molar-refractivity contribution < 1.29 is 27.7 Å². The molecule has 11 nitrogen and oxygen atoms in total. The van der Waals surface area contributed by atoms with Crippen LogP contribution in [0, 0.1) is 17.0 Å². The number of rotatable bonds is 5. The number of carbonyl (C=O) groups is 2. The number of amides is 1. The molecule has 0 radical (unpaired) electrons. The van der Waals surface area contributed by atoms with Crippen LogP contribution < -0.4 is 5.32 Å². The maximum atomic E-state index is 12.2. The van der Waals surface area contributed by atoms with Gasteiger partial charge in [0, 0.05) is 24.9 Å². The lowest BCUT2D eigenvalue weighted by Gasteiger charge is -2.26. The van der Waals surface area contributed by atoms with Crippen molar-refractivity contribution >= 4 is 39.1 Å². The smallest absolute Gasteiger partial charge is 0.340 e. The van der Waals surface area contributed by atoms with Crippen LogP contribution in [-0.4, -0.2) is 54.9 Å². The summed E-state index contributed by atoms with van der Waals surface area (Å²) in [6, 6.07) is 4.03. The highest BCUT2D eigenvalue weighted by atomic mass is 32.2. The second-order valence-electron chi connectivity index (χ2n) is 6.23. The summed E-state index contributed by atoms with van der Waals surface area (Å²) in [5.41, 5.74) is 0.802. The molecule has 0 aromatic heterocycles. The van der Waals surface area contributed by atoms with Gasteiger partial charge in [-0.1, -0.05) is 6.07 Å². The third-order valence-corrected chi connectivity index (χ3v) is 5.26. The van der Waals surface area contributed by atoms with E-state index in [1.807, 2.05) is 0 Å². The van der Waals surface area contributed by atoms with E-state index in [-0.39, 0.29) is 35.1 Å². The Bertz CT molecular complexity index is 1090. The summed E-state index contributed by atoms with van der Waals surface area (Å²) in [5.74, 6) is -1.41. The molecule has 152 valence electrons. The number of nitrogens with one attached hydrogen (secondary N) is 1. The first-order chi connectivity index (χ1) is 13.6. The van der Waals surface area contributed by atoms with Gasteiger partial charge in [-0.15, -0.1) is 4.40 Å².